The third-order valence-corrected chi connectivity index (χ3v) is 8.44. The Morgan fingerprint density at radius 1 is 1.00 bits per heavy atom. The molecular formula is C23H26N4O4S2. The third-order valence-electron chi connectivity index (χ3n) is 5.59. The van der Waals surface area contributed by atoms with E-state index in [1.807, 2.05) is 26.0 Å². The van der Waals surface area contributed by atoms with Gasteiger partial charge in [-0.1, -0.05) is 42.1 Å². The van der Waals surface area contributed by atoms with Crippen LogP contribution in [0.15, 0.2) is 69.4 Å². The van der Waals surface area contributed by atoms with Crippen LogP contribution < -0.4 is 5.56 Å². The molecule has 0 saturated carbocycles. The number of rotatable bonds is 6. The number of piperazine rings is 1. The van der Waals surface area contributed by atoms with E-state index in [4.69, 9.17) is 0 Å². The lowest BCUT2D eigenvalue weighted by molar-refractivity contribution is -0.129. The Kier molecular flexibility index (Phi) is 6.87. The maximum atomic E-state index is 12.9. The van der Waals surface area contributed by atoms with E-state index in [2.05, 4.69) is 4.98 Å². The number of thioether (sulfide) groups is 1. The molecule has 3 aromatic rings. The van der Waals surface area contributed by atoms with Gasteiger partial charge in [0.15, 0.2) is 5.16 Å². The van der Waals surface area contributed by atoms with Gasteiger partial charge in [0, 0.05) is 32.2 Å². The fraction of sp³-hybridized carbons (Fsp3) is 0.348. The van der Waals surface area contributed by atoms with Gasteiger partial charge in [0.25, 0.3) is 5.56 Å². The Morgan fingerprint density at radius 2 is 1.64 bits per heavy atom. The summed E-state index contributed by atoms with van der Waals surface area (Å²) in [5.74, 6) is 0.0256. The van der Waals surface area contributed by atoms with Crippen molar-refractivity contribution in [3.8, 4) is 0 Å². The molecule has 10 heteroatoms. The molecule has 2 heterocycles. The molecule has 1 aliphatic rings. The van der Waals surface area contributed by atoms with Crippen LogP contribution in [0.5, 0.6) is 0 Å². The van der Waals surface area contributed by atoms with Crippen molar-refractivity contribution in [2.75, 3.05) is 31.9 Å². The summed E-state index contributed by atoms with van der Waals surface area (Å²) in [6, 6.07) is 15.4. The van der Waals surface area contributed by atoms with Crippen LogP contribution in [0, 0.1) is 0 Å². The first-order valence-electron chi connectivity index (χ1n) is 10.8. The second-order valence-electron chi connectivity index (χ2n) is 8.07. The smallest absolute Gasteiger partial charge is 0.262 e. The first-order chi connectivity index (χ1) is 15.8. The lowest BCUT2D eigenvalue weighted by atomic mass is 10.2. The molecule has 174 valence electrons. The number of carbonyl (C=O) groups is 1. The lowest BCUT2D eigenvalue weighted by Crippen LogP contribution is -2.51. The standard InChI is InChI=1S/C23H26N4O4S2/c1-17(2)27-22(29)19-10-6-7-11-20(19)24-23(27)32-16-21(28)25-12-14-26(15-13-25)33(30,31)18-8-4-3-5-9-18/h3-11,17H,12-16H2,1-2H3. The maximum absolute atomic E-state index is 12.9. The van der Waals surface area contributed by atoms with Crippen molar-refractivity contribution >= 4 is 38.6 Å². The third kappa shape index (κ3) is 4.83. The molecule has 0 aliphatic carbocycles. The number of carbonyl (C=O) groups excluding carboxylic acids is 1. The summed E-state index contributed by atoms with van der Waals surface area (Å²) < 4.78 is 28.6. The van der Waals surface area contributed by atoms with Crippen molar-refractivity contribution in [3.63, 3.8) is 0 Å². The first kappa shape index (κ1) is 23.5. The molecule has 0 atom stereocenters. The molecule has 2 aromatic carbocycles. The van der Waals surface area contributed by atoms with Crippen molar-refractivity contribution in [2.45, 2.75) is 29.9 Å². The quantitative estimate of drug-likeness (QED) is 0.393. The molecule has 1 aliphatic heterocycles. The summed E-state index contributed by atoms with van der Waals surface area (Å²) in [6.45, 7) is 4.98. The number of benzene rings is 2. The Balaban J connectivity index is 1.43. The SMILES string of the molecule is CC(C)n1c(SCC(=O)N2CCN(S(=O)(=O)c3ccccc3)CC2)nc2ccccc2c1=O. The fourth-order valence-corrected chi connectivity index (χ4v) is 6.29. The van der Waals surface area contributed by atoms with Gasteiger partial charge in [-0.2, -0.15) is 4.31 Å². The predicted octanol–water partition coefficient (Wildman–Crippen LogP) is 2.60. The zero-order valence-electron chi connectivity index (χ0n) is 18.5. The van der Waals surface area contributed by atoms with Crippen molar-refractivity contribution in [1.82, 2.24) is 18.8 Å². The van der Waals surface area contributed by atoms with Crippen molar-refractivity contribution in [3.05, 3.63) is 65.0 Å². The van der Waals surface area contributed by atoms with Crippen LogP contribution in [0.3, 0.4) is 0 Å². The van der Waals surface area contributed by atoms with E-state index in [0.717, 1.165) is 0 Å². The molecule has 4 rings (SSSR count). The Morgan fingerprint density at radius 3 is 2.30 bits per heavy atom. The predicted molar refractivity (Wildman–Crippen MR) is 129 cm³/mol. The average Bonchev–Trinajstić information content (AvgIpc) is 2.83. The first-order valence-corrected chi connectivity index (χ1v) is 13.2. The monoisotopic (exact) mass is 486 g/mol. The number of sulfonamides is 1. The number of hydrogen-bond acceptors (Lipinski definition) is 6. The molecule has 8 nitrogen and oxygen atoms in total. The van der Waals surface area contributed by atoms with E-state index in [1.54, 1.807) is 51.9 Å². The molecule has 0 N–H and O–H groups in total. The van der Waals surface area contributed by atoms with Gasteiger partial charge in [-0.25, -0.2) is 13.4 Å². The fourth-order valence-electron chi connectivity index (χ4n) is 3.82. The van der Waals surface area contributed by atoms with Gasteiger partial charge in [0.2, 0.25) is 15.9 Å². The van der Waals surface area contributed by atoms with Gasteiger partial charge < -0.3 is 4.90 Å². The van der Waals surface area contributed by atoms with Crippen LogP contribution in [0.4, 0.5) is 0 Å². The summed E-state index contributed by atoms with van der Waals surface area (Å²) in [5, 5.41) is 1.06. The van der Waals surface area contributed by atoms with Crippen LogP contribution in [-0.2, 0) is 14.8 Å². The number of fused-ring (bicyclic) bond motifs is 1. The second-order valence-corrected chi connectivity index (χ2v) is 10.9. The van der Waals surface area contributed by atoms with E-state index in [-0.39, 0.29) is 41.2 Å². The molecule has 33 heavy (non-hydrogen) atoms. The molecule has 1 amide bonds. The number of aromatic nitrogens is 2. The summed E-state index contributed by atoms with van der Waals surface area (Å²) in [7, 11) is -3.57. The molecule has 1 saturated heterocycles. The number of hydrogen-bond donors (Lipinski definition) is 0. The van der Waals surface area contributed by atoms with E-state index in [1.165, 1.54) is 16.1 Å². The van der Waals surface area contributed by atoms with E-state index >= 15 is 0 Å². The Bertz CT molecular complexity index is 1320. The zero-order valence-corrected chi connectivity index (χ0v) is 20.2. The Hall–Kier alpha value is -2.69. The molecule has 0 bridgehead atoms. The summed E-state index contributed by atoms with van der Waals surface area (Å²) in [4.78, 5) is 32.3. The van der Waals surface area contributed by atoms with Crippen molar-refractivity contribution in [1.29, 1.82) is 0 Å². The van der Waals surface area contributed by atoms with Crippen molar-refractivity contribution < 1.29 is 13.2 Å². The highest BCUT2D eigenvalue weighted by Gasteiger charge is 2.30. The minimum absolute atomic E-state index is 0.0982. The van der Waals surface area contributed by atoms with Crippen LogP contribution in [0.1, 0.15) is 19.9 Å². The molecule has 0 unspecified atom stereocenters. The topological polar surface area (TPSA) is 92.6 Å². The second kappa shape index (κ2) is 9.66. The summed E-state index contributed by atoms with van der Waals surface area (Å²) in [6.07, 6.45) is 0. The molecule has 1 fully saturated rings. The minimum Gasteiger partial charge on any atom is -0.339 e. The summed E-state index contributed by atoms with van der Waals surface area (Å²) >= 11 is 1.24. The lowest BCUT2D eigenvalue weighted by Gasteiger charge is -2.34. The van der Waals surface area contributed by atoms with Gasteiger partial charge in [-0.05, 0) is 38.1 Å². The largest absolute Gasteiger partial charge is 0.339 e. The highest BCUT2D eigenvalue weighted by atomic mass is 32.2. The zero-order chi connectivity index (χ0) is 23.6. The Labute approximate surface area is 197 Å². The molecule has 0 spiro atoms. The van der Waals surface area contributed by atoms with Gasteiger partial charge in [0.1, 0.15) is 0 Å². The van der Waals surface area contributed by atoms with E-state index in [0.29, 0.717) is 29.1 Å². The maximum Gasteiger partial charge on any atom is 0.262 e. The van der Waals surface area contributed by atoms with E-state index < -0.39 is 10.0 Å². The molecule has 1 aromatic heterocycles. The molecule has 0 radical (unpaired) electrons. The average molecular weight is 487 g/mol. The highest BCUT2D eigenvalue weighted by molar-refractivity contribution is 7.99. The van der Waals surface area contributed by atoms with Crippen molar-refractivity contribution in [2.24, 2.45) is 0 Å². The van der Waals surface area contributed by atoms with Gasteiger partial charge in [0.05, 0.1) is 21.6 Å². The van der Waals surface area contributed by atoms with E-state index in [9.17, 15) is 18.0 Å². The van der Waals surface area contributed by atoms with Gasteiger partial charge in [-0.3, -0.25) is 14.2 Å². The van der Waals surface area contributed by atoms with Gasteiger partial charge in [-0.15, -0.1) is 0 Å². The highest BCUT2D eigenvalue weighted by Crippen LogP contribution is 2.22. The van der Waals surface area contributed by atoms with Crippen LogP contribution in [0.2, 0.25) is 0 Å². The summed E-state index contributed by atoms with van der Waals surface area (Å²) in [5.41, 5.74) is 0.486. The minimum atomic E-state index is -3.57. The van der Waals surface area contributed by atoms with Crippen LogP contribution in [-0.4, -0.2) is 65.0 Å². The number of amides is 1. The molecular weight excluding hydrogens is 460 g/mol. The number of nitrogens with zero attached hydrogens (tertiary/aromatic N) is 4. The van der Waals surface area contributed by atoms with Crippen LogP contribution in [0.25, 0.3) is 10.9 Å². The normalized spacial score (nSPS) is 15.3. The van der Waals surface area contributed by atoms with Crippen LogP contribution >= 0.6 is 11.8 Å². The number of para-hydroxylation sites is 1. The van der Waals surface area contributed by atoms with Gasteiger partial charge >= 0.3 is 0 Å².